The smallest absolute Gasteiger partial charge is 0.167 e. The van der Waals surface area contributed by atoms with Crippen molar-refractivity contribution in [3.63, 3.8) is 0 Å². The monoisotopic (exact) mass is 251 g/mol. The van der Waals surface area contributed by atoms with Gasteiger partial charge >= 0.3 is 0 Å². The third kappa shape index (κ3) is 3.04. The van der Waals surface area contributed by atoms with E-state index in [1.54, 1.807) is 6.07 Å². The number of nitrogens with zero attached hydrogens (tertiary/aromatic N) is 2. The fourth-order valence-electron chi connectivity index (χ4n) is 1.76. The maximum Gasteiger partial charge on any atom is 0.167 e. The molecule has 5 heteroatoms. The molecule has 0 radical (unpaired) electrons. The number of rotatable bonds is 5. The molecule has 0 saturated heterocycles. The number of benzene rings is 1. The van der Waals surface area contributed by atoms with Gasteiger partial charge in [-0.2, -0.15) is 5.26 Å². The van der Waals surface area contributed by atoms with E-state index in [1.165, 1.54) is 13.2 Å². The number of methoxy groups -OCH3 is 1. The van der Waals surface area contributed by atoms with Crippen molar-refractivity contribution >= 4 is 11.4 Å². The Kier molecular flexibility index (Phi) is 4.78. The second-order valence-electron chi connectivity index (χ2n) is 4.11. The molecule has 1 aromatic carbocycles. The van der Waals surface area contributed by atoms with Crippen LogP contribution in [0.2, 0.25) is 0 Å². The van der Waals surface area contributed by atoms with Crippen molar-refractivity contribution in [2.24, 2.45) is 5.92 Å². The first kappa shape index (κ1) is 14.1. The van der Waals surface area contributed by atoms with Crippen LogP contribution in [0.3, 0.4) is 0 Å². The molecule has 18 heavy (non-hydrogen) atoms. The highest BCUT2D eigenvalue weighted by Crippen LogP contribution is 2.31. The second-order valence-corrected chi connectivity index (χ2v) is 4.11. The van der Waals surface area contributed by atoms with E-state index in [1.807, 2.05) is 18.7 Å². The molecule has 1 aromatic rings. The molecule has 0 heterocycles. The van der Waals surface area contributed by atoms with Gasteiger partial charge in [0.25, 0.3) is 0 Å². The van der Waals surface area contributed by atoms with Gasteiger partial charge in [-0.3, -0.25) is 0 Å². The Morgan fingerprint density at radius 3 is 2.72 bits per heavy atom. The molecule has 0 aromatic heterocycles. The molecule has 0 bridgehead atoms. The summed E-state index contributed by atoms with van der Waals surface area (Å²) in [5.74, 6) is -0.453. The minimum atomic E-state index is -0.483. The van der Waals surface area contributed by atoms with Crippen LogP contribution < -0.4 is 15.4 Å². The van der Waals surface area contributed by atoms with Gasteiger partial charge in [0.15, 0.2) is 11.6 Å². The van der Waals surface area contributed by atoms with E-state index in [0.717, 1.165) is 0 Å². The highest BCUT2D eigenvalue weighted by Gasteiger charge is 2.15. The van der Waals surface area contributed by atoms with Crippen LogP contribution in [0.25, 0.3) is 0 Å². The number of hydrogen-bond acceptors (Lipinski definition) is 4. The molecular weight excluding hydrogens is 233 g/mol. The summed E-state index contributed by atoms with van der Waals surface area (Å²) >= 11 is 0. The number of nitriles is 1. The number of nitrogens with two attached hydrogens (primary N) is 1. The average Bonchev–Trinajstić information content (AvgIpc) is 2.36. The first-order valence-corrected chi connectivity index (χ1v) is 5.81. The third-order valence-electron chi connectivity index (χ3n) is 2.74. The summed E-state index contributed by atoms with van der Waals surface area (Å²) in [6.07, 6.45) is 0. The second kappa shape index (κ2) is 6.10. The van der Waals surface area contributed by atoms with Gasteiger partial charge in [-0.1, -0.05) is 0 Å². The Balaban J connectivity index is 3.09. The van der Waals surface area contributed by atoms with E-state index in [0.29, 0.717) is 24.5 Å². The number of nitrogen functional groups attached to an aromatic ring is 1. The van der Waals surface area contributed by atoms with E-state index in [4.69, 9.17) is 15.7 Å². The van der Waals surface area contributed by atoms with Crippen LogP contribution in [-0.2, 0) is 0 Å². The van der Waals surface area contributed by atoms with Crippen LogP contribution in [0.1, 0.15) is 13.8 Å². The SMILES string of the molecule is CCN(CC(C)C#N)c1cc(OC)c(F)cc1N. The third-order valence-corrected chi connectivity index (χ3v) is 2.74. The highest BCUT2D eigenvalue weighted by molar-refractivity contribution is 5.70. The quantitative estimate of drug-likeness (QED) is 0.816. The average molecular weight is 251 g/mol. The normalized spacial score (nSPS) is 11.7. The summed E-state index contributed by atoms with van der Waals surface area (Å²) < 4.78 is 18.4. The number of halogens is 1. The molecule has 2 N–H and O–H groups in total. The van der Waals surface area contributed by atoms with Crippen molar-refractivity contribution in [1.82, 2.24) is 0 Å². The molecule has 1 atom stereocenters. The minimum Gasteiger partial charge on any atom is -0.494 e. The summed E-state index contributed by atoms with van der Waals surface area (Å²) in [5.41, 5.74) is 6.86. The van der Waals surface area contributed by atoms with Crippen LogP contribution in [-0.4, -0.2) is 20.2 Å². The zero-order valence-corrected chi connectivity index (χ0v) is 10.9. The fourth-order valence-corrected chi connectivity index (χ4v) is 1.76. The van der Waals surface area contributed by atoms with Crippen molar-refractivity contribution < 1.29 is 9.13 Å². The summed E-state index contributed by atoms with van der Waals surface area (Å²) in [5, 5.41) is 8.85. The van der Waals surface area contributed by atoms with E-state index in [2.05, 4.69) is 6.07 Å². The lowest BCUT2D eigenvalue weighted by Gasteiger charge is -2.26. The van der Waals surface area contributed by atoms with Crippen molar-refractivity contribution in [1.29, 1.82) is 5.26 Å². The maximum absolute atomic E-state index is 13.5. The molecule has 0 saturated carbocycles. The van der Waals surface area contributed by atoms with Gasteiger partial charge in [0.2, 0.25) is 0 Å². The van der Waals surface area contributed by atoms with E-state index in [9.17, 15) is 4.39 Å². The van der Waals surface area contributed by atoms with Gasteiger partial charge in [0.05, 0.1) is 30.5 Å². The number of ether oxygens (including phenoxy) is 1. The zero-order valence-electron chi connectivity index (χ0n) is 10.9. The molecule has 1 unspecified atom stereocenters. The van der Waals surface area contributed by atoms with E-state index in [-0.39, 0.29) is 11.7 Å². The van der Waals surface area contributed by atoms with E-state index >= 15 is 0 Å². The molecule has 98 valence electrons. The molecule has 0 aliphatic heterocycles. The first-order chi connectivity index (χ1) is 8.53. The Morgan fingerprint density at radius 2 is 2.22 bits per heavy atom. The lowest BCUT2D eigenvalue weighted by molar-refractivity contribution is 0.386. The minimum absolute atomic E-state index is 0.125. The molecule has 0 amide bonds. The van der Waals surface area contributed by atoms with Crippen molar-refractivity contribution in [2.45, 2.75) is 13.8 Å². The predicted molar refractivity (Wildman–Crippen MR) is 70.0 cm³/mol. The first-order valence-electron chi connectivity index (χ1n) is 5.81. The summed E-state index contributed by atoms with van der Waals surface area (Å²) in [7, 11) is 1.41. The molecule has 0 aliphatic rings. The Morgan fingerprint density at radius 1 is 1.56 bits per heavy atom. The standard InChI is InChI=1S/C13H18FN3O/c1-4-17(8-9(2)7-15)12-6-13(18-3)10(14)5-11(12)16/h5-6,9H,4,8,16H2,1-3H3. The van der Waals surface area contributed by atoms with Gasteiger partial charge in [-0.25, -0.2) is 4.39 Å². The molecular formula is C13H18FN3O. The molecule has 0 aliphatic carbocycles. The van der Waals surface area contributed by atoms with Crippen molar-refractivity contribution in [2.75, 3.05) is 30.8 Å². The fraction of sp³-hybridized carbons (Fsp3) is 0.462. The van der Waals surface area contributed by atoms with Gasteiger partial charge in [0, 0.05) is 25.2 Å². The van der Waals surface area contributed by atoms with Crippen LogP contribution in [0, 0.1) is 23.1 Å². The predicted octanol–water partition coefficient (Wildman–Crippen LogP) is 2.40. The summed E-state index contributed by atoms with van der Waals surface area (Å²) in [6.45, 7) is 5.02. The lowest BCUT2D eigenvalue weighted by atomic mass is 10.1. The molecule has 4 nitrogen and oxygen atoms in total. The van der Waals surface area contributed by atoms with Crippen molar-refractivity contribution in [3.8, 4) is 11.8 Å². The van der Waals surface area contributed by atoms with Crippen LogP contribution >= 0.6 is 0 Å². The van der Waals surface area contributed by atoms with Gasteiger partial charge in [0.1, 0.15) is 0 Å². The lowest BCUT2D eigenvalue weighted by Crippen LogP contribution is -2.28. The number of anilines is 2. The number of hydrogen-bond donors (Lipinski definition) is 1. The Bertz CT molecular complexity index is 456. The Labute approximate surface area is 107 Å². The van der Waals surface area contributed by atoms with Crippen molar-refractivity contribution in [3.05, 3.63) is 17.9 Å². The summed E-state index contributed by atoms with van der Waals surface area (Å²) in [4.78, 5) is 1.94. The Hall–Kier alpha value is -1.96. The maximum atomic E-state index is 13.5. The van der Waals surface area contributed by atoms with Crippen LogP contribution in [0.4, 0.5) is 15.8 Å². The summed E-state index contributed by atoms with van der Waals surface area (Å²) in [6, 6.07) is 4.98. The van der Waals surface area contributed by atoms with Gasteiger partial charge in [-0.05, 0) is 13.8 Å². The molecule has 0 fully saturated rings. The largest absolute Gasteiger partial charge is 0.494 e. The molecule has 0 spiro atoms. The van der Waals surface area contributed by atoms with E-state index < -0.39 is 5.82 Å². The highest BCUT2D eigenvalue weighted by atomic mass is 19.1. The van der Waals surface area contributed by atoms with Gasteiger partial charge < -0.3 is 15.4 Å². The zero-order chi connectivity index (χ0) is 13.7. The molecule has 1 rings (SSSR count). The van der Waals surface area contributed by atoms with Crippen LogP contribution in [0.15, 0.2) is 12.1 Å². The van der Waals surface area contributed by atoms with Gasteiger partial charge in [-0.15, -0.1) is 0 Å². The van der Waals surface area contributed by atoms with Crippen LogP contribution in [0.5, 0.6) is 5.75 Å². The topological polar surface area (TPSA) is 62.3 Å².